The van der Waals surface area contributed by atoms with E-state index in [1.54, 1.807) is 0 Å². The van der Waals surface area contributed by atoms with Crippen molar-refractivity contribution in [3.63, 3.8) is 0 Å². The lowest BCUT2D eigenvalue weighted by Gasteiger charge is -2.16. The molecule has 1 aromatic carbocycles. The van der Waals surface area contributed by atoms with E-state index in [4.69, 9.17) is 0 Å². The van der Waals surface area contributed by atoms with Gasteiger partial charge >= 0.3 is 0 Å². The van der Waals surface area contributed by atoms with E-state index in [-0.39, 0.29) is 0 Å². The maximum atomic E-state index is 2.43. The van der Waals surface area contributed by atoms with Gasteiger partial charge in [0.25, 0.3) is 0 Å². The van der Waals surface area contributed by atoms with Crippen molar-refractivity contribution in [3.8, 4) is 0 Å². The summed E-state index contributed by atoms with van der Waals surface area (Å²) in [6, 6.07) is 10.7. The van der Waals surface area contributed by atoms with Gasteiger partial charge in [-0.1, -0.05) is 37.3 Å². The minimum absolute atomic E-state index is 0.962. The summed E-state index contributed by atoms with van der Waals surface area (Å²) >= 11 is 0. The predicted octanol–water partition coefficient (Wildman–Crippen LogP) is 2.77. The van der Waals surface area contributed by atoms with Crippen LogP contribution in [0.5, 0.6) is 0 Å². The fourth-order valence-corrected chi connectivity index (χ4v) is 2.01. The third-order valence-electron chi connectivity index (χ3n) is 3.12. The first kappa shape index (κ1) is 9.72. The van der Waals surface area contributed by atoms with Crippen LogP contribution in [0.1, 0.15) is 18.9 Å². The fourth-order valence-electron chi connectivity index (χ4n) is 2.01. The van der Waals surface area contributed by atoms with Gasteiger partial charge in [-0.25, -0.2) is 0 Å². The quantitative estimate of drug-likeness (QED) is 0.704. The zero-order chi connectivity index (χ0) is 9.97. The molecule has 2 rings (SSSR count). The molecule has 1 heteroatoms. The topological polar surface area (TPSA) is 3.24 Å². The lowest BCUT2D eigenvalue weighted by molar-refractivity contribution is 0.307. The number of hydrogen-bond acceptors (Lipinski definition) is 1. The van der Waals surface area contributed by atoms with E-state index < -0.39 is 0 Å². The SMILES string of the molecule is C[C@@H]1CC1CN(C)Cc1ccccc1. The van der Waals surface area contributed by atoms with E-state index in [0.717, 1.165) is 18.4 Å². The molecule has 0 spiro atoms. The van der Waals surface area contributed by atoms with E-state index in [1.165, 1.54) is 18.5 Å². The highest BCUT2D eigenvalue weighted by molar-refractivity contribution is 5.14. The highest BCUT2D eigenvalue weighted by Gasteiger charge is 2.32. The molecule has 1 aliphatic rings. The molecule has 1 saturated carbocycles. The first-order valence-electron chi connectivity index (χ1n) is 5.48. The molecular weight excluding hydrogens is 170 g/mol. The lowest BCUT2D eigenvalue weighted by atomic mass is 10.2. The van der Waals surface area contributed by atoms with Gasteiger partial charge < -0.3 is 4.90 Å². The Balaban J connectivity index is 1.80. The van der Waals surface area contributed by atoms with Crippen molar-refractivity contribution >= 4 is 0 Å². The molecule has 0 N–H and O–H groups in total. The van der Waals surface area contributed by atoms with Crippen molar-refractivity contribution < 1.29 is 0 Å². The molecule has 14 heavy (non-hydrogen) atoms. The van der Waals surface area contributed by atoms with Gasteiger partial charge in [-0.3, -0.25) is 0 Å². The summed E-state index contributed by atoms with van der Waals surface area (Å²) in [4.78, 5) is 2.43. The standard InChI is InChI=1S/C13H19N/c1-11-8-13(11)10-14(2)9-12-6-4-3-5-7-12/h3-7,11,13H,8-10H2,1-2H3/t11-,13?/m1/s1. The van der Waals surface area contributed by atoms with Crippen LogP contribution >= 0.6 is 0 Å². The maximum Gasteiger partial charge on any atom is 0.0230 e. The minimum Gasteiger partial charge on any atom is -0.302 e. The summed E-state index contributed by atoms with van der Waals surface area (Å²) in [5, 5.41) is 0. The molecule has 1 nitrogen and oxygen atoms in total. The van der Waals surface area contributed by atoms with Gasteiger partial charge in [-0.05, 0) is 30.9 Å². The summed E-state index contributed by atoms with van der Waals surface area (Å²) in [6.45, 7) is 4.70. The van der Waals surface area contributed by atoms with Crippen molar-refractivity contribution in [2.45, 2.75) is 19.9 Å². The van der Waals surface area contributed by atoms with Crippen molar-refractivity contribution in [1.29, 1.82) is 0 Å². The Kier molecular flexibility index (Phi) is 2.87. The van der Waals surface area contributed by atoms with Gasteiger partial charge in [-0.15, -0.1) is 0 Å². The number of rotatable bonds is 4. The van der Waals surface area contributed by atoms with Gasteiger partial charge in [0.05, 0.1) is 0 Å². The third-order valence-corrected chi connectivity index (χ3v) is 3.12. The summed E-state index contributed by atoms with van der Waals surface area (Å²) in [5.41, 5.74) is 1.42. The molecule has 76 valence electrons. The first-order chi connectivity index (χ1) is 6.75. The van der Waals surface area contributed by atoms with Crippen LogP contribution in [0.3, 0.4) is 0 Å². The van der Waals surface area contributed by atoms with Crippen LogP contribution < -0.4 is 0 Å². The first-order valence-corrected chi connectivity index (χ1v) is 5.48. The molecule has 0 saturated heterocycles. The van der Waals surface area contributed by atoms with Crippen molar-refractivity contribution in [1.82, 2.24) is 4.90 Å². The molecule has 0 aliphatic heterocycles. The minimum atomic E-state index is 0.962. The van der Waals surface area contributed by atoms with Gasteiger partial charge in [0.15, 0.2) is 0 Å². The summed E-state index contributed by atoms with van der Waals surface area (Å²) < 4.78 is 0. The van der Waals surface area contributed by atoms with Crippen molar-refractivity contribution in [2.75, 3.05) is 13.6 Å². The van der Waals surface area contributed by atoms with Gasteiger partial charge in [-0.2, -0.15) is 0 Å². The molecular formula is C13H19N. The van der Waals surface area contributed by atoms with E-state index in [2.05, 4.69) is 49.2 Å². The Morgan fingerprint density at radius 3 is 2.50 bits per heavy atom. The number of hydrogen-bond donors (Lipinski definition) is 0. The Bertz CT molecular complexity index is 281. The van der Waals surface area contributed by atoms with E-state index in [9.17, 15) is 0 Å². The molecule has 1 aliphatic carbocycles. The van der Waals surface area contributed by atoms with E-state index >= 15 is 0 Å². The van der Waals surface area contributed by atoms with Crippen LogP contribution in [0.25, 0.3) is 0 Å². The van der Waals surface area contributed by atoms with Crippen LogP contribution in [-0.4, -0.2) is 18.5 Å². The molecule has 1 unspecified atom stereocenters. The second-order valence-electron chi connectivity index (χ2n) is 4.66. The van der Waals surface area contributed by atoms with Crippen LogP contribution in [0.15, 0.2) is 30.3 Å². The monoisotopic (exact) mass is 189 g/mol. The highest BCUT2D eigenvalue weighted by atomic mass is 15.1. The lowest BCUT2D eigenvalue weighted by Crippen LogP contribution is -2.20. The summed E-state index contributed by atoms with van der Waals surface area (Å²) in [5.74, 6) is 1.93. The molecule has 0 bridgehead atoms. The van der Waals surface area contributed by atoms with Crippen molar-refractivity contribution in [3.05, 3.63) is 35.9 Å². The van der Waals surface area contributed by atoms with E-state index in [1.807, 2.05) is 0 Å². The van der Waals surface area contributed by atoms with Gasteiger partial charge in [0, 0.05) is 13.1 Å². The molecule has 1 aromatic rings. The zero-order valence-corrected chi connectivity index (χ0v) is 9.11. The van der Waals surface area contributed by atoms with Crippen LogP contribution in [0.2, 0.25) is 0 Å². The molecule has 0 aromatic heterocycles. The molecule has 0 heterocycles. The predicted molar refractivity (Wildman–Crippen MR) is 60.0 cm³/mol. The summed E-state index contributed by atoms with van der Waals surface area (Å²) in [7, 11) is 2.22. The molecule has 1 fully saturated rings. The van der Waals surface area contributed by atoms with Gasteiger partial charge in [0.2, 0.25) is 0 Å². The number of benzene rings is 1. The molecule has 0 radical (unpaired) electrons. The van der Waals surface area contributed by atoms with Crippen LogP contribution in [0.4, 0.5) is 0 Å². The maximum absolute atomic E-state index is 2.43. The van der Waals surface area contributed by atoms with Gasteiger partial charge in [0.1, 0.15) is 0 Å². The Hall–Kier alpha value is -0.820. The Morgan fingerprint density at radius 1 is 1.29 bits per heavy atom. The smallest absolute Gasteiger partial charge is 0.0230 e. The highest BCUT2D eigenvalue weighted by Crippen LogP contribution is 2.38. The Labute approximate surface area is 86.7 Å². The van der Waals surface area contributed by atoms with Crippen LogP contribution in [0, 0.1) is 11.8 Å². The average Bonchev–Trinajstić information content (AvgIpc) is 2.83. The summed E-state index contributed by atoms with van der Waals surface area (Å²) in [6.07, 6.45) is 1.43. The fraction of sp³-hybridized carbons (Fsp3) is 0.538. The van der Waals surface area contributed by atoms with Crippen molar-refractivity contribution in [2.24, 2.45) is 11.8 Å². The third kappa shape index (κ3) is 2.58. The average molecular weight is 189 g/mol. The second-order valence-corrected chi connectivity index (χ2v) is 4.66. The normalized spacial score (nSPS) is 25.4. The largest absolute Gasteiger partial charge is 0.302 e. The second kappa shape index (κ2) is 4.14. The Morgan fingerprint density at radius 2 is 1.93 bits per heavy atom. The molecule has 0 amide bonds. The number of nitrogens with zero attached hydrogens (tertiary/aromatic N) is 1. The van der Waals surface area contributed by atoms with Crippen LogP contribution in [-0.2, 0) is 6.54 Å². The van der Waals surface area contributed by atoms with E-state index in [0.29, 0.717) is 0 Å². The zero-order valence-electron chi connectivity index (χ0n) is 9.11. The molecule has 2 atom stereocenters.